The summed E-state index contributed by atoms with van der Waals surface area (Å²) in [6.07, 6.45) is 3.08. The molecule has 3 N–H and O–H groups in total. The summed E-state index contributed by atoms with van der Waals surface area (Å²) in [5.41, 5.74) is 7.40. The van der Waals surface area contributed by atoms with Gasteiger partial charge in [-0.05, 0) is 43.2 Å². The smallest absolute Gasteiger partial charge is 0.251 e. The highest BCUT2D eigenvalue weighted by molar-refractivity contribution is 7.16. The standard InChI is InChI=1S/C17H18N2O3S/c1-10-11(2)23-17(15(10)16(18)21)19-14(20)8-7-12-5-4-6-13(9-12)22-3/h4-9H,1-3H3,(H2,18,21)(H,19,20)/b8-7+. The Kier molecular flexibility index (Phi) is 5.18. The number of rotatable bonds is 5. The molecule has 1 heterocycles. The van der Waals surface area contributed by atoms with Crippen molar-refractivity contribution in [2.45, 2.75) is 13.8 Å². The van der Waals surface area contributed by atoms with E-state index in [1.54, 1.807) is 13.2 Å². The third-order valence-corrected chi connectivity index (χ3v) is 4.51. The number of primary amides is 1. The number of hydrogen-bond acceptors (Lipinski definition) is 4. The summed E-state index contributed by atoms with van der Waals surface area (Å²) in [6.45, 7) is 3.70. The van der Waals surface area contributed by atoms with Crippen molar-refractivity contribution in [1.82, 2.24) is 0 Å². The lowest BCUT2D eigenvalue weighted by Gasteiger charge is -2.02. The fraction of sp³-hybridized carbons (Fsp3) is 0.176. The lowest BCUT2D eigenvalue weighted by atomic mass is 10.1. The van der Waals surface area contributed by atoms with Crippen LogP contribution in [0.2, 0.25) is 0 Å². The summed E-state index contributed by atoms with van der Waals surface area (Å²) in [7, 11) is 1.59. The number of anilines is 1. The zero-order chi connectivity index (χ0) is 17.0. The highest BCUT2D eigenvalue weighted by atomic mass is 32.1. The largest absolute Gasteiger partial charge is 0.497 e. The van der Waals surface area contributed by atoms with Gasteiger partial charge in [0.25, 0.3) is 5.91 Å². The van der Waals surface area contributed by atoms with E-state index in [9.17, 15) is 9.59 Å². The van der Waals surface area contributed by atoms with Gasteiger partial charge in [-0.2, -0.15) is 0 Å². The van der Waals surface area contributed by atoms with Crippen LogP contribution in [0.4, 0.5) is 5.00 Å². The van der Waals surface area contributed by atoms with Gasteiger partial charge in [-0.25, -0.2) is 0 Å². The minimum atomic E-state index is -0.543. The van der Waals surface area contributed by atoms with Gasteiger partial charge >= 0.3 is 0 Å². The topological polar surface area (TPSA) is 81.4 Å². The van der Waals surface area contributed by atoms with Crippen molar-refractivity contribution in [2.75, 3.05) is 12.4 Å². The number of benzene rings is 1. The first kappa shape index (κ1) is 16.8. The Labute approximate surface area is 138 Å². The summed E-state index contributed by atoms with van der Waals surface area (Å²) in [6, 6.07) is 7.35. The molecule has 2 aromatic rings. The molecule has 0 saturated carbocycles. The minimum absolute atomic E-state index is 0.323. The first-order valence-corrected chi connectivity index (χ1v) is 7.77. The molecular formula is C17H18N2O3S. The molecular weight excluding hydrogens is 312 g/mol. The van der Waals surface area contributed by atoms with Crippen molar-refractivity contribution in [3.05, 3.63) is 51.9 Å². The van der Waals surface area contributed by atoms with Gasteiger partial charge in [0.1, 0.15) is 10.8 Å². The van der Waals surface area contributed by atoms with Crippen LogP contribution in [0.15, 0.2) is 30.3 Å². The number of thiophene rings is 1. The molecule has 0 aliphatic rings. The van der Waals surface area contributed by atoms with Crippen LogP contribution in [0.25, 0.3) is 6.08 Å². The Bertz CT molecular complexity index is 778. The van der Waals surface area contributed by atoms with E-state index in [1.807, 2.05) is 38.1 Å². The van der Waals surface area contributed by atoms with Gasteiger partial charge in [0.05, 0.1) is 12.7 Å². The zero-order valence-corrected chi connectivity index (χ0v) is 14.0. The van der Waals surface area contributed by atoms with Crippen LogP contribution in [0.5, 0.6) is 5.75 Å². The molecule has 0 fully saturated rings. The molecule has 1 aromatic carbocycles. The first-order valence-electron chi connectivity index (χ1n) is 6.95. The van der Waals surface area contributed by atoms with Gasteiger partial charge in [-0.1, -0.05) is 12.1 Å². The molecule has 2 amide bonds. The molecule has 0 aliphatic heterocycles. The third kappa shape index (κ3) is 3.98. The Morgan fingerprint density at radius 2 is 2.04 bits per heavy atom. The highest BCUT2D eigenvalue weighted by Crippen LogP contribution is 2.32. The number of carbonyl (C=O) groups is 2. The number of aryl methyl sites for hydroxylation is 1. The molecule has 0 aliphatic carbocycles. The molecule has 120 valence electrons. The molecule has 0 radical (unpaired) electrons. The number of hydrogen-bond donors (Lipinski definition) is 2. The molecule has 0 atom stereocenters. The van der Waals surface area contributed by atoms with E-state index in [0.717, 1.165) is 16.0 Å². The van der Waals surface area contributed by atoms with Crippen molar-refractivity contribution in [3.63, 3.8) is 0 Å². The van der Waals surface area contributed by atoms with E-state index in [-0.39, 0.29) is 5.91 Å². The molecule has 1 aromatic heterocycles. The van der Waals surface area contributed by atoms with Gasteiger partial charge in [-0.3, -0.25) is 9.59 Å². The van der Waals surface area contributed by atoms with Crippen molar-refractivity contribution in [1.29, 1.82) is 0 Å². The third-order valence-electron chi connectivity index (χ3n) is 3.39. The summed E-state index contributed by atoms with van der Waals surface area (Å²) in [4.78, 5) is 24.5. The number of methoxy groups -OCH3 is 1. The molecule has 0 bridgehead atoms. The maximum Gasteiger partial charge on any atom is 0.251 e. The molecule has 5 nitrogen and oxygen atoms in total. The lowest BCUT2D eigenvalue weighted by Crippen LogP contribution is -2.16. The van der Waals surface area contributed by atoms with Crippen LogP contribution in [0.3, 0.4) is 0 Å². The Balaban J connectivity index is 2.15. The normalized spacial score (nSPS) is 10.7. The maximum atomic E-state index is 12.1. The van der Waals surface area contributed by atoms with E-state index >= 15 is 0 Å². The SMILES string of the molecule is COc1cccc(/C=C/C(=O)Nc2sc(C)c(C)c2C(N)=O)c1. The fourth-order valence-electron chi connectivity index (χ4n) is 2.08. The lowest BCUT2D eigenvalue weighted by molar-refractivity contribution is -0.111. The molecule has 23 heavy (non-hydrogen) atoms. The Hall–Kier alpha value is -2.60. The van der Waals surface area contributed by atoms with Crippen LogP contribution < -0.4 is 15.8 Å². The Morgan fingerprint density at radius 1 is 1.30 bits per heavy atom. The van der Waals surface area contributed by atoms with Crippen LogP contribution in [0.1, 0.15) is 26.4 Å². The summed E-state index contributed by atoms with van der Waals surface area (Å²) < 4.78 is 5.13. The van der Waals surface area contributed by atoms with Gasteiger partial charge in [0, 0.05) is 11.0 Å². The number of amides is 2. The minimum Gasteiger partial charge on any atom is -0.497 e. The Morgan fingerprint density at radius 3 is 2.70 bits per heavy atom. The average Bonchev–Trinajstić information content (AvgIpc) is 2.79. The number of ether oxygens (including phenoxy) is 1. The fourth-order valence-corrected chi connectivity index (χ4v) is 3.15. The molecule has 2 rings (SSSR count). The maximum absolute atomic E-state index is 12.1. The van der Waals surface area contributed by atoms with Gasteiger partial charge in [-0.15, -0.1) is 11.3 Å². The predicted octanol–water partition coefficient (Wildman–Crippen LogP) is 3.12. The number of nitrogens with two attached hydrogens (primary N) is 1. The van der Waals surface area contributed by atoms with Crippen LogP contribution in [-0.2, 0) is 4.79 Å². The van der Waals surface area contributed by atoms with E-state index in [4.69, 9.17) is 10.5 Å². The van der Waals surface area contributed by atoms with Crippen molar-refractivity contribution in [2.24, 2.45) is 5.73 Å². The predicted molar refractivity (Wildman–Crippen MR) is 93.0 cm³/mol. The highest BCUT2D eigenvalue weighted by Gasteiger charge is 2.18. The van der Waals surface area contributed by atoms with Crippen molar-refractivity contribution < 1.29 is 14.3 Å². The van der Waals surface area contributed by atoms with Crippen LogP contribution in [0, 0.1) is 13.8 Å². The van der Waals surface area contributed by atoms with E-state index < -0.39 is 5.91 Å². The average molecular weight is 330 g/mol. The summed E-state index contributed by atoms with van der Waals surface area (Å²) in [5, 5.41) is 3.19. The van der Waals surface area contributed by atoms with Crippen molar-refractivity contribution >= 4 is 34.2 Å². The second-order valence-electron chi connectivity index (χ2n) is 4.95. The zero-order valence-electron chi connectivity index (χ0n) is 13.2. The van der Waals surface area contributed by atoms with Crippen LogP contribution >= 0.6 is 11.3 Å². The van der Waals surface area contributed by atoms with Gasteiger partial charge in [0.2, 0.25) is 5.91 Å². The quantitative estimate of drug-likeness (QED) is 0.826. The molecule has 0 saturated heterocycles. The van der Waals surface area contributed by atoms with E-state index in [1.165, 1.54) is 17.4 Å². The van der Waals surface area contributed by atoms with Crippen molar-refractivity contribution in [3.8, 4) is 5.75 Å². The second kappa shape index (κ2) is 7.11. The van der Waals surface area contributed by atoms with Crippen LogP contribution in [-0.4, -0.2) is 18.9 Å². The van der Waals surface area contributed by atoms with Gasteiger partial charge < -0.3 is 15.8 Å². The monoisotopic (exact) mass is 330 g/mol. The molecule has 6 heteroatoms. The van der Waals surface area contributed by atoms with E-state index in [0.29, 0.717) is 16.3 Å². The number of nitrogens with one attached hydrogen (secondary N) is 1. The summed E-state index contributed by atoms with van der Waals surface area (Å²) >= 11 is 1.34. The summed E-state index contributed by atoms with van der Waals surface area (Å²) in [5.74, 6) is -0.149. The van der Waals surface area contributed by atoms with Gasteiger partial charge in [0.15, 0.2) is 0 Å². The molecule has 0 unspecified atom stereocenters. The molecule has 0 spiro atoms. The van der Waals surface area contributed by atoms with E-state index in [2.05, 4.69) is 5.32 Å². The number of carbonyl (C=O) groups excluding carboxylic acids is 2. The first-order chi connectivity index (χ1) is 10.9. The second-order valence-corrected chi connectivity index (χ2v) is 6.18.